The van der Waals surface area contributed by atoms with E-state index in [9.17, 15) is 9.59 Å². The first-order chi connectivity index (χ1) is 24.4. The van der Waals surface area contributed by atoms with E-state index in [1.165, 1.54) is 141 Å². The van der Waals surface area contributed by atoms with E-state index in [1.54, 1.807) is 13.8 Å². The summed E-state index contributed by atoms with van der Waals surface area (Å²) in [6, 6.07) is 8.31. The number of hydrogen-bond acceptors (Lipinski definition) is 4. The average molecular weight is 699 g/mol. The summed E-state index contributed by atoms with van der Waals surface area (Å²) >= 11 is 0. The lowest BCUT2D eigenvalue weighted by atomic mass is 10.0. The van der Waals surface area contributed by atoms with Crippen LogP contribution in [0.4, 0.5) is 0 Å². The molecule has 1 rings (SSSR count). The molecule has 0 N–H and O–H groups in total. The fourth-order valence-corrected chi connectivity index (χ4v) is 7.07. The molecule has 2 unspecified atom stereocenters. The monoisotopic (exact) mass is 699 g/mol. The molecular weight excluding hydrogens is 617 g/mol. The molecule has 2 atom stereocenters. The molecule has 0 aliphatic rings. The van der Waals surface area contributed by atoms with Crippen LogP contribution in [0.3, 0.4) is 0 Å². The lowest BCUT2D eigenvalue weighted by Gasteiger charge is -2.21. The van der Waals surface area contributed by atoms with E-state index in [0.717, 1.165) is 62.9 Å². The molecule has 1 aromatic carbocycles. The summed E-state index contributed by atoms with van der Waals surface area (Å²) in [5, 5.41) is 0. The molecular formula is C46H82O4. The maximum absolute atomic E-state index is 11.5. The third-order valence-electron chi connectivity index (χ3n) is 10.3. The summed E-state index contributed by atoms with van der Waals surface area (Å²) in [4.78, 5) is 22.9. The van der Waals surface area contributed by atoms with E-state index in [1.807, 2.05) is 0 Å². The molecule has 1 aromatic rings. The van der Waals surface area contributed by atoms with Gasteiger partial charge >= 0.3 is 0 Å². The number of ether oxygens (including phenoxy) is 2. The first-order valence-corrected chi connectivity index (χ1v) is 21.9. The van der Waals surface area contributed by atoms with Crippen LogP contribution in [0, 0.1) is 0 Å². The molecule has 0 saturated carbocycles. The number of rotatable bonds is 38. The van der Waals surface area contributed by atoms with Gasteiger partial charge in [-0.05, 0) is 102 Å². The first-order valence-electron chi connectivity index (χ1n) is 21.9. The van der Waals surface area contributed by atoms with Crippen molar-refractivity contribution in [3.63, 3.8) is 0 Å². The van der Waals surface area contributed by atoms with Crippen LogP contribution in [-0.2, 0) is 9.59 Å². The second-order valence-electron chi connectivity index (χ2n) is 15.5. The smallest absolute Gasteiger partial charge is 0.129 e. The largest absolute Gasteiger partial charge is 0.490 e. The van der Waals surface area contributed by atoms with Gasteiger partial charge in [0, 0.05) is 12.8 Å². The molecule has 0 amide bonds. The Morgan fingerprint density at radius 3 is 0.900 bits per heavy atom. The number of hydrogen-bond donors (Lipinski definition) is 0. The van der Waals surface area contributed by atoms with Crippen LogP contribution in [-0.4, -0.2) is 23.8 Å². The molecule has 50 heavy (non-hydrogen) atoms. The molecule has 4 nitrogen and oxygen atoms in total. The van der Waals surface area contributed by atoms with E-state index >= 15 is 0 Å². The zero-order valence-electron chi connectivity index (χ0n) is 33.7. The number of Topliss-reactive ketones (excluding diaryl/α,β-unsaturated/α-hetero) is 2. The standard InChI is InChI=1S/C46H82O4/c1-5-7-9-11-13-15-17-19-21-23-25-33-43(35-29-27-31-41(3)47)49-45-37-39-46(40-38-45)50-44(36-30-28-32-42(4)48)34-26-24-22-20-18-16-14-12-10-8-6-2/h37-40,43-44H,5-36H2,1-4H3. The molecule has 4 heteroatoms. The van der Waals surface area contributed by atoms with Crippen molar-refractivity contribution in [3.05, 3.63) is 24.3 Å². The average Bonchev–Trinajstić information content (AvgIpc) is 3.10. The highest BCUT2D eigenvalue weighted by molar-refractivity contribution is 5.75. The number of carbonyl (C=O) groups excluding carboxylic acids is 2. The van der Waals surface area contributed by atoms with Crippen LogP contribution in [0.15, 0.2) is 24.3 Å². The van der Waals surface area contributed by atoms with E-state index in [-0.39, 0.29) is 23.8 Å². The molecule has 0 aliphatic carbocycles. The Hall–Kier alpha value is -1.84. The fraction of sp³-hybridized carbons (Fsp3) is 0.826. The molecule has 0 spiro atoms. The molecule has 290 valence electrons. The zero-order valence-corrected chi connectivity index (χ0v) is 33.7. The van der Waals surface area contributed by atoms with Crippen molar-refractivity contribution in [2.24, 2.45) is 0 Å². The Bertz CT molecular complexity index is 821. The summed E-state index contributed by atoms with van der Waals surface area (Å²) < 4.78 is 13.1. The third-order valence-corrected chi connectivity index (χ3v) is 10.3. The van der Waals surface area contributed by atoms with Crippen molar-refractivity contribution in [1.82, 2.24) is 0 Å². The minimum absolute atomic E-state index is 0.197. The van der Waals surface area contributed by atoms with Gasteiger partial charge in [0.05, 0.1) is 12.2 Å². The topological polar surface area (TPSA) is 52.6 Å². The highest BCUT2D eigenvalue weighted by Gasteiger charge is 2.14. The normalized spacial score (nSPS) is 12.6. The SMILES string of the molecule is CCCCCCCCCCCCCC(CCCCC(C)=O)Oc1ccc(OC(CCCCCCCCCCCCC)CCCCC(C)=O)cc1. The van der Waals surface area contributed by atoms with Crippen LogP contribution in [0.5, 0.6) is 11.5 Å². The van der Waals surface area contributed by atoms with Crippen molar-refractivity contribution >= 4 is 11.6 Å². The maximum Gasteiger partial charge on any atom is 0.129 e. The van der Waals surface area contributed by atoms with Gasteiger partial charge in [-0.25, -0.2) is 0 Å². The van der Waals surface area contributed by atoms with Crippen LogP contribution >= 0.6 is 0 Å². The van der Waals surface area contributed by atoms with Gasteiger partial charge in [0.15, 0.2) is 0 Å². The summed E-state index contributed by atoms with van der Waals surface area (Å²) in [6.07, 6.45) is 39.6. The van der Waals surface area contributed by atoms with Gasteiger partial charge in [-0.3, -0.25) is 0 Å². The van der Waals surface area contributed by atoms with Crippen LogP contribution in [0.2, 0.25) is 0 Å². The Kier molecular flexibility index (Phi) is 31.6. The Morgan fingerprint density at radius 1 is 0.400 bits per heavy atom. The molecule has 0 saturated heterocycles. The van der Waals surface area contributed by atoms with Gasteiger partial charge in [0.1, 0.15) is 23.1 Å². The summed E-state index contributed by atoms with van der Waals surface area (Å²) in [5.74, 6) is 2.40. The minimum atomic E-state index is 0.197. The van der Waals surface area contributed by atoms with Crippen molar-refractivity contribution in [2.75, 3.05) is 0 Å². The summed E-state index contributed by atoms with van der Waals surface area (Å²) in [7, 11) is 0. The summed E-state index contributed by atoms with van der Waals surface area (Å²) in [6.45, 7) is 7.95. The van der Waals surface area contributed by atoms with E-state index in [0.29, 0.717) is 12.8 Å². The molecule has 0 aromatic heterocycles. The van der Waals surface area contributed by atoms with Gasteiger partial charge in [0.25, 0.3) is 0 Å². The Balaban J connectivity index is 2.52. The highest BCUT2D eigenvalue weighted by atomic mass is 16.5. The first kappa shape index (κ1) is 46.2. The lowest BCUT2D eigenvalue weighted by molar-refractivity contribution is -0.118. The van der Waals surface area contributed by atoms with Crippen molar-refractivity contribution in [3.8, 4) is 11.5 Å². The number of carbonyl (C=O) groups is 2. The Morgan fingerprint density at radius 2 is 0.640 bits per heavy atom. The number of benzene rings is 1. The molecule has 0 radical (unpaired) electrons. The third kappa shape index (κ3) is 29.8. The van der Waals surface area contributed by atoms with Gasteiger partial charge in [-0.2, -0.15) is 0 Å². The van der Waals surface area contributed by atoms with Crippen molar-refractivity contribution < 1.29 is 19.1 Å². The zero-order chi connectivity index (χ0) is 36.3. The van der Waals surface area contributed by atoms with Crippen molar-refractivity contribution in [2.45, 2.75) is 245 Å². The molecule has 0 aliphatic heterocycles. The van der Waals surface area contributed by atoms with E-state index < -0.39 is 0 Å². The predicted octanol–water partition coefficient (Wildman–Crippen LogP) is 14.9. The fourth-order valence-electron chi connectivity index (χ4n) is 7.07. The van der Waals surface area contributed by atoms with E-state index in [4.69, 9.17) is 9.47 Å². The maximum atomic E-state index is 11.5. The van der Waals surface area contributed by atoms with Gasteiger partial charge in [-0.15, -0.1) is 0 Å². The highest BCUT2D eigenvalue weighted by Crippen LogP contribution is 2.26. The second-order valence-corrected chi connectivity index (χ2v) is 15.5. The predicted molar refractivity (Wildman–Crippen MR) is 216 cm³/mol. The number of ketones is 2. The van der Waals surface area contributed by atoms with Gasteiger partial charge in [-0.1, -0.05) is 142 Å². The molecule has 0 heterocycles. The van der Waals surface area contributed by atoms with Crippen LogP contribution < -0.4 is 9.47 Å². The van der Waals surface area contributed by atoms with Crippen LogP contribution in [0.25, 0.3) is 0 Å². The quantitative estimate of drug-likeness (QED) is 0.0645. The lowest BCUT2D eigenvalue weighted by Crippen LogP contribution is -2.18. The molecule has 0 fully saturated rings. The van der Waals surface area contributed by atoms with Crippen LogP contribution in [0.1, 0.15) is 233 Å². The second kappa shape index (κ2) is 34.3. The molecule has 0 bridgehead atoms. The van der Waals surface area contributed by atoms with Gasteiger partial charge in [0.2, 0.25) is 0 Å². The summed E-state index contributed by atoms with van der Waals surface area (Å²) in [5.41, 5.74) is 0. The van der Waals surface area contributed by atoms with E-state index in [2.05, 4.69) is 38.1 Å². The Labute approximate surface area is 311 Å². The number of unbranched alkanes of at least 4 members (excludes halogenated alkanes) is 22. The van der Waals surface area contributed by atoms with Gasteiger partial charge < -0.3 is 19.1 Å². The minimum Gasteiger partial charge on any atom is -0.490 e. The van der Waals surface area contributed by atoms with Crippen molar-refractivity contribution in [1.29, 1.82) is 0 Å².